The summed E-state index contributed by atoms with van der Waals surface area (Å²) in [7, 11) is 0. The van der Waals surface area contributed by atoms with Crippen LogP contribution in [0.15, 0.2) is 30.3 Å². The zero-order valence-corrected chi connectivity index (χ0v) is 12.9. The van der Waals surface area contributed by atoms with Gasteiger partial charge in [0.1, 0.15) is 0 Å². The van der Waals surface area contributed by atoms with Crippen molar-refractivity contribution in [2.75, 3.05) is 13.1 Å². The number of aliphatic carboxylic acids is 1. The number of benzene rings is 1. The first-order valence-corrected chi connectivity index (χ1v) is 7.33. The Morgan fingerprint density at radius 2 is 1.81 bits per heavy atom. The minimum atomic E-state index is -0.824. The number of hydrogen-bond donors (Lipinski definition) is 1. The molecule has 1 amide bonds. The van der Waals surface area contributed by atoms with Gasteiger partial charge in [0, 0.05) is 25.4 Å². The number of hydrogen-bond acceptors (Lipinski definition) is 2. The number of carbonyl (C=O) groups is 2. The van der Waals surface area contributed by atoms with Crippen LogP contribution in [0.1, 0.15) is 38.7 Å². The third-order valence-electron chi connectivity index (χ3n) is 3.90. The second-order valence-electron chi connectivity index (χ2n) is 7.00. The predicted molar refractivity (Wildman–Crippen MR) is 81.0 cm³/mol. The van der Waals surface area contributed by atoms with Gasteiger partial charge in [-0.15, -0.1) is 0 Å². The first-order chi connectivity index (χ1) is 9.78. The van der Waals surface area contributed by atoms with Gasteiger partial charge in [-0.3, -0.25) is 9.59 Å². The molecule has 1 aliphatic rings. The molecule has 1 N–H and O–H groups in total. The highest BCUT2D eigenvalue weighted by molar-refractivity contribution is 5.80. The maximum atomic E-state index is 12.3. The molecule has 0 spiro atoms. The van der Waals surface area contributed by atoms with Gasteiger partial charge in [-0.2, -0.15) is 0 Å². The molecule has 0 aromatic heterocycles. The third-order valence-corrected chi connectivity index (χ3v) is 3.90. The second kappa shape index (κ2) is 5.88. The first kappa shape index (κ1) is 15.5. The largest absolute Gasteiger partial charge is 0.481 e. The van der Waals surface area contributed by atoms with Crippen LogP contribution < -0.4 is 0 Å². The molecule has 114 valence electrons. The van der Waals surface area contributed by atoms with Crippen LogP contribution in [-0.2, 0) is 9.59 Å². The Balaban J connectivity index is 2.16. The number of amides is 1. The molecular formula is C17H23NO3. The van der Waals surface area contributed by atoms with E-state index < -0.39 is 11.9 Å². The second-order valence-corrected chi connectivity index (χ2v) is 7.00. The molecule has 0 radical (unpaired) electrons. The van der Waals surface area contributed by atoms with Gasteiger partial charge in [0.15, 0.2) is 0 Å². The molecule has 1 saturated heterocycles. The number of carboxylic acid groups (broad SMARTS) is 1. The fraction of sp³-hybridized carbons (Fsp3) is 0.529. The van der Waals surface area contributed by atoms with Crippen LogP contribution in [0, 0.1) is 11.3 Å². The highest BCUT2D eigenvalue weighted by Crippen LogP contribution is 2.34. The van der Waals surface area contributed by atoms with Gasteiger partial charge in [0.05, 0.1) is 5.92 Å². The van der Waals surface area contributed by atoms with Crippen molar-refractivity contribution in [1.82, 2.24) is 4.90 Å². The van der Waals surface area contributed by atoms with Gasteiger partial charge in [-0.05, 0) is 11.0 Å². The van der Waals surface area contributed by atoms with E-state index in [2.05, 4.69) is 0 Å². The molecular weight excluding hydrogens is 266 g/mol. The molecule has 2 rings (SSSR count). The molecule has 0 aliphatic carbocycles. The molecule has 1 aliphatic heterocycles. The molecule has 1 fully saturated rings. The van der Waals surface area contributed by atoms with Crippen LogP contribution in [0.25, 0.3) is 0 Å². The van der Waals surface area contributed by atoms with E-state index in [1.54, 1.807) is 4.90 Å². The van der Waals surface area contributed by atoms with Gasteiger partial charge in [-0.25, -0.2) is 0 Å². The molecule has 0 unspecified atom stereocenters. The normalized spacial score (nSPS) is 22.3. The average Bonchev–Trinajstić information content (AvgIpc) is 2.83. The number of nitrogens with zero attached hydrogens (tertiary/aromatic N) is 1. The van der Waals surface area contributed by atoms with Gasteiger partial charge in [0.25, 0.3) is 0 Å². The number of rotatable bonds is 3. The van der Waals surface area contributed by atoms with E-state index in [4.69, 9.17) is 0 Å². The summed E-state index contributed by atoms with van der Waals surface area (Å²) >= 11 is 0. The Morgan fingerprint density at radius 1 is 1.19 bits per heavy atom. The summed E-state index contributed by atoms with van der Waals surface area (Å²) in [5, 5.41) is 9.44. The minimum Gasteiger partial charge on any atom is -0.481 e. The van der Waals surface area contributed by atoms with Gasteiger partial charge < -0.3 is 10.0 Å². The van der Waals surface area contributed by atoms with Crippen molar-refractivity contribution in [3.63, 3.8) is 0 Å². The molecule has 0 bridgehead atoms. The van der Waals surface area contributed by atoms with Gasteiger partial charge in [0.2, 0.25) is 5.91 Å². The molecule has 4 nitrogen and oxygen atoms in total. The van der Waals surface area contributed by atoms with Crippen molar-refractivity contribution < 1.29 is 14.7 Å². The van der Waals surface area contributed by atoms with Gasteiger partial charge >= 0.3 is 5.97 Å². The number of carboxylic acids is 1. The number of likely N-dealkylation sites (tertiary alicyclic amines) is 1. The molecule has 2 atom stereocenters. The summed E-state index contributed by atoms with van der Waals surface area (Å²) in [6.45, 7) is 6.86. The van der Waals surface area contributed by atoms with E-state index in [-0.39, 0.29) is 17.2 Å². The highest BCUT2D eigenvalue weighted by atomic mass is 16.4. The zero-order valence-electron chi connectivity index (χ0n) is 12.9. The molecule has 1 heterocycles. The van der Waals surface area contributed by atoms with E-state index in [1.807, 2.05) is 51.1 Å². The first-order valence-electron chi connectivity index (χ1n) is 7.33. The van der Waals surface area contributed by atoms with Crippen molar-refractivity contribution in [2.24, 2.45) is 11.3 Å². The van der Waals surface area contributed by atoms with Crippen molar-refractivity contribution in [3.05, 3.63) is 35.9 Å². The van der Waals surface area contributed by atoms with Crippen molar-refractivity contribution >= 4 is 11.9 Å². The number of carbonyl (C=O) groups excluding carboxylic acids is 1. The highest BCUT2D eigenvalue weighted by Gasteiger charge is 2.40. The monoisotopic (exact) mass is 289 g/mol. The van der Waals surface area contributed by atoms with Crippen LogP contribution in [0.5, 0.6) is 0 Å². The summed E-state index contributed by atoms with van der Waals surface area (Å²) < 4.78 is 0. The summed E-state index contributed by atoms with van der Waals surface area (Å²) in [4.78, 5) is 25.5. The van der Waals surface area contributed by atoms with E-state index in [1.165, 1.54) is 0 Å². The maximum absolute atomic E-state index is 12.3. The van der Waals surface area contributed by atoms with Crippen molar-refractivity contribution in [3.8, 4) is 0 Å². The molecule has 0 saturated carbocycles. The molecule has 21 heavy (non-hydrogen) atoms. The lowest BCUT2D eigenvalue weighted by Crippen LogP contribution is -2.32. The lowest BCUT2D eigenvalue weighted by molar-refractivity contribution is -0.141. The smallest absolute Gasteiger partial charge is 0.308 e. The summed E-state index contributed by atoms with van der Waals surface area (Å²) in [5.41, 5.74) is 0.914. The Kier molecular flexibility index (Phi) is 4.35. The predicted octanol–water partition coefficient (Wildman–Crippen LogP) is 2.75. The Labute approximate surface area is 125 Å². The molecule has 1 aromatic carbocycles. The van der Waals surface area contributed by atoms with Gasteiger partial charge in [-0.1, -0.05) is 51.1 Å². The molecule has 1 aromatic rings. The molecule has 4 heteroatoms. The lowest BCUT2D eigenvalue weighted by atomic mass is 9.89. The van der Waals surface area contributed by atoms with Crippen molar-refractivity contribution in [1.29, 1.82) is 0 Å². The standard InChI is InChI=1S/C17H23NO3/c1-17(2,3)9-15(19)18-10-13(14(11-18)16(20)21)12-7-5-4-6-8-12/h4-8,13-14H,9-11H2,1-3H3,(H,20,21)/t13-,14-/m0/s1. The van der Waals surface area contributed by atoms with E-state index in [9.17, 15) is 14.7 Å². The average molecular weight is 289 g/mol. The Morgan fingerprint density at radius 3 is 2.33 bits per heavy atom. The van der Waals surface area contributed by atoms with E-state index in [0.717, 1.165) is 5.56 Å². The fourth-order valence-corrected chi connectivity index (χ4v) is 2.86. The zero-order chi connectivity index (χ0) is 15.6. The Hall–Kier alpha value is -1.84. The topological polar surface area (TPSA) is 57.6 Å². The van der Waals surface area contributed by atoms with E-state index >= 15 is 0 Å². The minimum absolute atomic E-state index is 0.0483. The summed E-state index contributed by atoms with van der Waals surface area (Å²) in [6.07, 6.45) is 0.445. The quantitative estimate of drug-likeness (QED) is 0.931. The lowest BCUT2D eigenvalue weighted by Gasteiger charge is -2.23. The van der Waals surface area contributed by atoms with Crippen molar-refractivity contribution in [2.45, 2.75) is 33.1 Å². The summed E-state index contributed by atoms with van der Waals surface area (Å²) in [6, 6.07) is 9.62. The van der Waals surface area contributed by atoms with Crippen LogP contribution in [0.4, 0.5) is 0 Å². The fourth-order valence-electron chi connectivity index (χ4n) is 2.86. The summed E-state index contributed by atoms with van der Waals surface area (Å²) in [5.74, 6) is -1.41. The van der Waals surface area contributed by atoms with Crippen LogP contribution in [-0.4, -0.2) is 35.0 Å². The SMILES string of the molecule is CC(C)(C)CC(=O)N1C[C@H](C(=O)O)[C@H](c2ccccc2)C1. The van der Waals surface area contributed by atoms with Crippen LogP contribution in [0.2, 0.25) is 0 Å². The Bertz CT molecular complexity index is 519. The van der Waals surface area contributed by atoms with Crippen LogP contribution >= 0.6 is 0 Å². The van der Waals surface area contributed by atoms with Crippen LogP contribution in [0.3, 0.4) is 0 Å². The third kappa shape index (κ3) is 3.84. The maximum Gasteiger partial charge on any atom is 0.308 e. The van der Waals surface area contributed by atoms with E-state index in [0.29, 0.717) is 19.5 Å².